The first-order valence-electron chi connectivity index (χ1n) is 13.2. The van der Waals surface area contributed by atoms with Crippen LogP contribution < -0.4 is 5.32 Å². The van der Waals surface area contributed by atoms with Gasteiger partial charge in [0.15, 0.2) is 5.60 Å². The van der Waals surface area contributed by atoms with E-state index in [9.17, 15) is 9.90 Å². The van der Waals surface area contributed by atoms with E-state index in [1.807, 2.05) is 33.0 Å². The summed E-state index contributed by atoms with van der Waals surface area (Å²) in [5.41, 5.74) is 2.07. The van der Waals surface area contributed by atoms with E-state index in [2.05, 4.69) is 40.4 Å². The number of aliphatic hydroxyl groups is 1. The summed E-state index contributed by atoms with van der Waals surface area (Å²) in [4.78, 5) is 27.4. The normalized spacial score (nSPS) is 19.8. The van der Waals surface area contributed by atoms with Gasteiger partial charge in [0.1, 0.15) is 5.60 Å². The third-order valence-electron chi connectivity index (χ3n) is 6.58. The first kappa shape index (κ1) is 28.1. The number of benzene rings is 1. The van der Waals surface area contributed by atoms with Gasteiger partial charge in [0, 0.05) is 43.4 Å². The number of aryl methyl sites for hydroxylation is 2. The molecule has 0 bridgehead atoms. The minimum absolute atomic E-state index is 0.216. The third-order valence-corrected chi connectivity index (χ3v) is 7.79. The lowest BCUT2D eigenvalue weighted by atomic mass is 9.79. The highest BCUT2D eigenvalue weighted by molar-refractivity contribution is 7.15. The monoisotopic (exact) mass is 538 g/mol. The lowest BCUT2D eigenvalue weighted by Crippen LogP contribution is -2.45. The number of hydrogen-bond donors (Lipinski definition) is 2. The summed E-state index contributed by atoms with van der Waals surface area (Å²) in [6.45, 7) is 8.22. The molecule has 204 valence electrons. The molecule has 2 heterocycles. The second-order valence-corrected chi connectivity index (χ2v) is 12.1. The van der Waals surface area contributed by atoms with Crippen LogP contribution in [0.25, 0.3) is 10.4 Å². The molecule has 0 aliphatic heterocycles. The number of methoxy groups -OCH3 is 1. The number of carbonyl (C=O) groups is 1. The smallest absolute Gasteiger partial charge is 0.338 e. The predicted molar refractivity (Wildman–Crippen MR) is 150 cm³/mol. The van der Waals surface area contributed by atoms with Gasteiger partial charge in [0.2, 0.25) is 5.95 Å². The molecule has 2 aromatic heterocycles. The molecule has 0 radical (unpaired) electrons. The first-order valence-corrected chi connectivity index (χ1v) is 14.0. The Balaban J connectivity index is 1.43. The average Bonchev–Trinajstić information content (AvgIpc) is 3.34. The van der Waals surface area contributed by atoms with Gasteiger partial charge >= 0.3 is 5.97 Å². The van der Waals surface area contributed by atoms with Gasteiger partial charge in [-0.3, -0.25) is 0 Å². The van der Waals surface area contributed by atoms with E-state index >= 15 is 0 Å². The lowest BCUT2D eigenvalue weighted by molar-refractivity contribution is -0.180. The fraction of sp³-hybridized carbons (Fsp3) is 0.517. The number of carbonyl (C=O) groups excluding carboxylic acids is 1. The molecule has 0 unspecified atom stereocenters. The Hall–Kier alpha value is -2.88. The molecule has 1 aliphatic rings. The van der Waals surface area contributed by atoms with Gasteiger partial charge in [0.05, 0.1) is 9.88 Å². The summed E-state index contributed by atoms with van der Waals surface area (Å²) < 4.78 is 10.6. The quantitative estimate of drug-likeness (QED) is 0.254. The van der Waals surface area contributed by atoms with Crippen molar-refractivity contribution in [1.82, 2.24) is 15.0 Å². The second-order valence-electron chi connectivity index (χ2n) is 11.1. The van der Waals surface area contributed by atoms with E-state index in [0.717, 1.165) is 45.2 Å². The molecule has 4 rings (SSSR count). The zero-order valence-electron chi connectivity index (χ0n) is 22.9. The first-order chi connectivity index (χ1) is 18.0. The Bertz CT molecular complexity index is 1250. The molecule has 0 atom stereocenters. The number of rotatable bonds is 9. The fourth-order valence-electron chi connectivity index (χ4n) is 4.65. The molecule has 1 saturated carbocycles. The molecule has 0 amide bonds. The van der Waals surface area contributed by atoms with Crippen molar-refractivity contribution in [1.29, 1.82) is 0 Å². The van der Waals surface area contributed by atoms with Crippen molar-refractivity contribution in [3.8, 4) is 10.4 Å². The summed E-state index contributed by atoms with van der Waals surface area (Å²) >= 11 is 1.67. The summed E-state index contributed by atoms with van der Waals surface area (Å²) in [6.07, 6.45) is 7.59. The third kappa shape index (κ3) is 7.36. The molecule has 38 heavy (non-hydrogen) atoms. The van der Waals surface area contributed by atoms with Crippen molar-refractivity contribution in [3.63, 3.8) is 0 Å². The molecule has 2 N–H and O–H groups in total. The van der Waals surface area contributed by atoms with Gasteiger partial charge in [-0.25, -0.2) is 19.7 Å². The molecule has 8 nitrogen and oxygen atoms in total. The lowest BCUT2D eigenvalue weighted by Gasteiger charge is -2.35. The van der Waals surface area contributed by atoms with Crippen molar-refractivity contribution in [2.75, 3.05) is 19.0 Å². The maximum absolute atomic E-state index is 12.5. The van der Waals surface area contributed by atoms with Crippen LogP contribution in [0, 0.1) is 6.92 Å². The maximum Gasteiger partial charge on any atom is 0.338 e. The fourth-order valence-corrected chi connectivity index (χ4v) is 5.72. The molecular formula is C29H38N4O4S. The van der Waals surface area contributed by atoms with E-state index in [4.69, 9.17) is 14.5 Å². The van der Waals surface area contributed by atoms with Crippen LogP contribution in [-0.2, 0) is 20.7 Å². The SMILES string of the molecule is COCCCc1ccnc(Nc2cc(C)cc(-c3cnc(C4CCC(O)(C(=O)OC(C)(C)C)CC4)s3)c2)n1. The Labute approximate surface area is 228 Å². The van der Waals surface area contributed by atoms with Crippen molar-refractivity contribution < 1.29 is 19.4 Å². The summed E-state index contributed by atoms with van der Waals surface area (Å²) in [7, 11) is 1.70. The number of esters is 1. The molecule has 1 aliphatic carbocycles. The van der Waals surface area contributed by atoms with Crippen molar-refractivity contribution in [2.45, 2.75) is 83.3 Å². The number of thiazole rings is 1. The van der Waals surface area contributed by atoms with Crippen LogP contribution in [0.1, 0.15) is 75.1 Å². The van der Waals surface area contributed by atoms with Gasteiger partial charge in [-0.15, -0.1) is 11.3 Å². The number of anilines is 2. The van der Waals surface area contributed by atoms with Crippen LogP contribution in [0.15, 0.2) is 36.7 Å². The van der Waals surface area contributed by atoms with Gasteiger partial charge in [-0.1, -0.05) is 6.07 Å². The highest BCUT2D eigenvalue weighted by atomic mass is 32.1. The van der Waals surface area contributed by atoms with E-state index in [0.29, 0.717) is 38.2 Å². The molecule has 1 aromatic carbocycles. The topological polar surface area (TPSA) is 106 Å². The highest BCUT2D eigenvalue weighted by Gasteiger charge is 2.43. The van der Waals surface area contributed by atoms with E-state index in [1.54, 1.807) is 24.6 Å². The van der Waals surface area contributed by atoms with Crippen LogP contribution in [0.4, 0.5) is 11.6 Å². The predicted octanol–water partition coefficient (Wildman–Crippen LogP) is 5.96. The number of nitrogens with zero attached hydrogens (tertiary/aromatic N) is 3. The standard InChI is InChI=1S/C29H38N4O4S/c1-19-15-21(17-23(16-19)33-27-30-13-10-22(32-27)7-6-14-36-5)24-18-31-25(38-24)20-8-11-29(35,12-9-20)26(34)37-28(2,3)4/h10,13,15-18,20,35H,6-9,11-12,14H2,1-5H3,(H,30,32,33). The molecule has 0 saturated heterocycles. The molecular weight excluding hydrogens is 500 g/mol. The molecule has 9 heteroatoms. The Morgan fingerprint density at radius 1 is 1.21 bits per heavy atom. The van der Waals surface area contributed by atoms with Crippen molar-refractivity contribution >= 4 is 28.9 Å². The van der Waals surface area contributed by atoms with Crippen LogP contribution in [-0.4, -0.2) is 50.9 Å². The zero-order valence-corrected chi connectivity index (χ0v) is 23.7. The largest absolute Gasteiger partial charge is 0.458 e. The van der Waals surface area contributed by atoms with Crippen LogP contribution >= 0.6 is 11.3 Å². The maximum atomic E-state index is 12.5. The molecule has 1 fully saturated rings. The number of ether oxygens (including phenoxy) is 2. The summed E-state index contributed by atoms with van der Waals surface area (Å²) in [5.74, 6) is 0.266. The van der Waals surface area contributed by atoms with E-state index < -0.39 is 17.2 Å². The van der Waals surface area contributed by atoms with E-state index in [1.165, 1.54) is 0 Å². The van der Waals surface area contributed by atoms with Gasteiger partial charge in [-0.2, -0.15) is 0 Å². The number of hydrogen-bond acceptors (Lipinski definition) is 9. The molecule has 3 aromatic rings. The average molecular weight is 539 g/mol. The van der Waals surface area contributed by atoms with Crippen LogP contribution in [0.2, 0.25) is 0 Å². The second kappa shape index (κ2) is 11.9. The van der Waals surface area contributed by atoms with Crippen LogP contribution in [0.5, 0.6) is 0 Å². The van der Waals surface area contributed by atoms with Crippen molar-refractivity contribution in [3.05, 3.63) is 52.9 Å². The number of nitrogens with one attached hydrogen (secondary N) is 1. The van der Waals surface area contributed by atoms with E-state index in [-0.39, 0.29) is 5.92 Å². The summed E-state index contributed by atoms with van der Waals surface area (Å²) in [5, 5.41) is 15.3. The summed E-state index contributed by atoms with van der Waals surface area (Å²) in [6, 6.07) is 8.24. The minimum Gasteiger partial charge on any atom is -0.458 e. The minimum atomic E-state index is -1.41. The zero-order chi connectivity index (χ0) is 27.3. The molecule has 0 spiro atoms. The number of aromatic nitrogens is 3. The Kier molecular flexibility index (Phi) is 8.80. The Morgan fingerprint density at radius 2 is 1.97 bits per heavy atom. The Morgan fingerprint density at radius 3 is 2.68 bits per heavy atom. The van der Waals surface area contributed by atoms with Crippen LogP contribution in [0.3, 0.4) is 0 Å². The van der Waals surface area contributed by atoms with Crippen molar-refractivity contribution in [2.24, 2.45) is 0 Å². The van der Waals surface area contributed by atoms with Gasteiger partial charge < -0.3 is 19.9 Å². The van der Waals surface area contributed by atoms with Gasteiger partial charge in [-0.05, 0) is 95.5 Å². The van der Waals surface area contributed by atoms with Gasteiger partial charge in [0.25, 0.3) is 0 Å². The highest BCUT2D eigenvalue weighted by Crippen LogP contribution is 2.42.